The molecule has 27 heavy (non-hydrogen) atoms. The maximum absolute atomic E-state index is 13.4. The smallest absolute Gasteiger partial charge is 0.137 e. The van der Waals surface area contributed by atoms with Crippen LogP contribution >= 0.6 is 11.6 Å². The minimum atomic E-state index is -0.266. The van der Waals surface area contributed by atoms with E-state index in [1.807, 2.05) is 34.9 Å². The summed E-state index contributed by atoms with van der Waals surface area (Å²) in [6.07, 6.45) is 2.54. The monoisotopic (exact) mass is 380 g/mol. The summed E-state index contributed by atoms with van der Waals surface area (Å²) in [7, 11) is 1.66. The summed E-state index contributed by atoms with van der Waals surface area (Å²) in [6, 6.07) is 16.2. The van der Waals surface area contributed by atoms with E-state index < -0.39 is 0 Å². The van der Waals surface area contributed by atoms with Gasteiger partial charge in [-0.3, -0.25) is 0 Å². The van der Waals surface area contributed by atoms with Crippen molar-refractivity contribution in [3.05, 3.63) is 88.5 Å². The summed E-state index contributed by atoms with van der Waals surface area (Å²) < 4.78 is 20.7. The standard InChI is InChI=1S/C22H18ClFN2O/c1-14-11-19(27-2)9-5-16(14)12-20-22(15-3-7-18(24)8-4-15)25-21-10-6-17(23)13-26(20)21/h3-11,13H,12H2,1-2H3. The molecule has 2 aromatic heterocycles. The maximum atomic E-state index is 13.4. The van der Waals surface area contributed by atoms with E-state index in [0.717, 1.165) is 33.9 Å². The molecule has 0 N–H and O–H groups in total. The number of aryl methyl sites for hydroxylation is 1. The minimum absolute atomic E-state index is 0.266. The molecule has 0 unspecified atom stereocenters. The Labute approximate surface area is 162 Å². The number of hydrogen-bond donors (Lipinski definition) is 0. The van der Waals surface area contributed by atoms with Gasteiger partial charge in [-0.1, -0.05) is 17.7 Å². The Bertz CT molecular complexity index is 1120. The van der Waals surface area contributed by atoms with Gasteiger partial charge in [0.2, 0.25) is 0 Å². The van der Waals surface area contributed by atoms with Gasteiger partial charge in [-0.05, 0) is 66.6 Å². The van der Waals surface area contributed by atoms with E-state index in [0.29, 0.717) is 11.4 Å². The lowest BCUT2D eigenvalue weighted by molar-refractivity contribution is 0.414. The van der Waals surface area contributed by atoms with Crippen LogP contribution in [0.15, 0.2) is 60.8 Å². The largest absolute Gasteiger partial charge is 0.497 e. The lowest BCUT2D eigenvalue weighted by Gasteiger charge is -2.10. The molecule has 5 heteroatoms. The number of hydrogen-bond acceptors (Lipinski definition) is 2. The van der Waals surface area contributed by atoms with Gasteiger partial charge in [-0.25, -0.2) is 9.37 Å². The van der Waals surface area contributed by atoms with Gasteiger partial charge in [-0.2, -0.15) is 0 Å². The second-order valence-electron chi connectivity index (χ2n) is 6.46. The number of methoxy groups -OCH3 is 1. The number of nitrogens with zero attached hydrogens (tertiary/aromatic N) is 2. The number of benzene rings is 2. The molecule has 0 saturated heterocycles. The zero-order valence-electron chi connectivity index (χ0n) is 15.0. The third kappa shape index (κ3) is 3.40. The van der Waals surface area contributed by atoms with Gasteiger partial charge < -0.3 is 9.14 Å². The quantitative estimate of drug-likeness (QED) is 0.454. The third-order valence-electron chi connectivity index (χ3n) is 4.71. The molecule has 0 atom stereocenters. The molecule has 0 spiro atoms. The average molecular weight is 381 g/mol. The SMILES string of the molecule is COc1ccc(Cc2c(-c3ccc(F)cc3)nc3ccc(Cl)cn23)c(C)c1. The van der Waals surface area contributed by atoms with E-state index in [2.05, 4.69) is 13.0 Å². The normalized spacial score (nSPS) is 11.1. The molecule has 2 heterocycles. The fourth-order valence-corrected chi connectivity index (χ4v) is 3.41. The van der Waals surface area contributed by atoms with Gasteiger partial charge >= 0.3 is 0 Å². The molecule has 0 aliphatic rings. The first-order chi connectivity index (χ1) is 13.0. The van der Waals surface area contributed by atoms with Gasteiger partial charge in [0.1, 0.15) is 17.2 Å². The highest BCUT2D eigenvalue weighted by atomic mass is 35.5. The number of halogens is 2. The van der Waals surface area contributed by atoms with Crippen molar-refractivity contribution in [2.75, 3.05) is 7.11 Å². The molecule has 0 saturated carbocycles. The van der Waals surface area contributed by atoms with Crippen LogP contribution in [0, 0.1) is 12.7 Å². The molecule has 2 aromatic carbocycles. The second-order valence-corrected chi connectivity index (χ2v) is 6.90. The zero-order chi connectivity index (χ0) is 19.0. The molecule has 0 aliphatic carbocycles. The lowest BCUT2D eigenvalue weighted by atomic mass is 10.0. The number of ether oxygens (including phenoxy) is 1. The van der Waals surface area contributed by atoms with Crippen LogP contribution in [0.1, 0.15) is 16.8 Å². The van der Waals surface area contributed by atoms with Gasteiger partial charge in [0.25, 0.3) is 0 Å². The molecule has 4 aromatic rings. The van der Waals surface area contributed by atoms with E-state index in [4.69, 9.17) is 21.3 Å². The molecule has 3 nitrogen and oxygen atoms in total. The Hall–Kier alpha value is -2.85. The van der Waals surface area contributed by atoms with Crippen LogP contribution in [0.3, 0.4) is 0 Å². The van der Waals surface area contributed by atoms with Crippen molar-refractivity contribution in [2.24, 2.45) is 0 Å². The summed E-state index contributed by atoms with van der Waals surface area (Å²) in [5.74, 6) is 0.564. The van der Waals surface area contributed by atoms with Crippen molar-refractivity contribution < 1.29 is 9.13 Å². The number of fused-ring (bicyclic) bond motifs is 1. The average Bonchev–Trinajstić information content (AvgIpc) is 3.01. The summed E-state index contributed by atoms with van der Waals surface area (Å²) >= 11 is 6.23. The first-order valence-electron chi connectivity index (χ1n) is 8.61. The van der Waals surface area contributed by atoms with Crippen molar-refractivity contribution in [3.8, 4) is 17.0 Å². The molecule has 0 aliphatic heterocycles. The van der Waals surface area contributed by atoms with E-state index in [-0.39, 0.29) is 5.82 Å². The second kappa shape index (κ2) is 7.05. The van der Waals surface area contributed by atoms with E-state index >= 15 is 0 Å². The Morgan fingerprint density at radius 3 is 2.56 bits per heavy atom. The number of imidazole rings is 1. The topological polar surface area (TPSA) is 26.5 Å². The number of pyridine rings is 1. The van der Waals surface area contributed by atoms with Crippen LogP contribution in [0.4, 0.5) is 4.39 Å². The van der Waals surface area contributed by atoms with Crippen LogP contribution in [0.5, 0.6) is 5.75 Å². The highest BCUT2D eigenvalue weighted by molar-refractivity contribution is 6.30. The van der Waals surface area contributed by atoms with Crippen LogP contribution in [-0.4, -0.2) is 16.5 Å². The fraction of sp³-hybridized carbons (Fsp3) is 0.136. The van der Waals surface area contributed by atoms with E-state index in [1.165, 1.54) is 17.7 Å². The fourth-order valence-electron chi connectivity index (χ4n) is 3.25. The summed E-state index contributed by atoms with van der Waals surface area (Å²) in [5.41, 5.74) is 5.81. The Morgan fingerprint density at radius 2 is 1.85 bits per heavy atom. The van der Waals surface area contributed by atoms with Crippen molar-refractivity contribution in [1.29, 1.82) is 0 Å². The van der Waals surface area contributed by atoms with Crippen molar-refractivity contribution >= 4 is 17.2 Å². The van der Waals surface area contributed by atoms with Crippen LogP contribution in [0.25, 0.3) is 16.9 Å². The van der Waals surface area contributed by atoms with Gasteiger partial charge in [0.05, 0.1) is 23.5 Å². The first-order valence-corrected chi connectivity index (χ1v) is 8.99. The van der Waals surface area contributed by atoms with Crippen LogP contribution in [0.2, 0.25) is 5.02 Å². The Morgan fingerprint density at radius 1 is 1.07 bits per heavy atom. The summed E-state index contributed by atoms with van der Waals surface area (Å²) in [6.45, 7) is 2.06. The maximum Gasteiger partial charge on any atom is 0.137 e. The molecule has 4 rings (SSSR count). The van der Waals surface area contributed by atoms with Crippen molar-refractivity contribution in [2.45, 2.75) is 13.3 Å². The Kier molecular flexibility index (Phi) is 4.58. The Balaban J connectivity index is 1.88. The van der Waals surface area contributed by atoms with Gasteiger partial charge in [-0.15, -0.1) is 0 Å². The predicted molar refractivity (Wildman–Crippen MR) is 106 cm³/mol. The first kappa shape index (κ1) is 17.6. The van der Waals surface area contributed by atoms with Crippen LogP contribution < -0.4 is 4.74 Å². The van der Waals surface area contributed by atoms with Gasteiger partial charge in [0, 0.05) is 18.2 Å². The van der Waals surface area contributed by atoms with E-state index in [9.17, 15) is 4.39 Å². The van der Waals surface area contributed by atoms with Gasteiger partial charge in [0.15, 0.2) is 0 Å². The molecule has 136 valence electrons. The number of aromatic nitrogens is 2. The van der Waals surface area contributed by atoms with Crippen LogP contribution in [-0.2, 0) is 6.42 Å². The highest BCUT2D eigenvalue weighted by Crippen LogP contribution is 2.29. The number of rotatable bonds is 4. The molecular formula is C22H18ClFN2O. The zero-order valence-corrected chi connectivity index (χ0v) is 15.8. The van der Waals surface area contributed by atoms with Crippen molar-refractivity contribution in [3.63, 3.8) is 0 Å². The minimum Gasteiger partial charge on any atom is -0.497 e. The van der Waals surface area contributed by atoms with E-state index in [1.54, 1.807) is 19.2 Å². The molecule has 0 bridgehead atoms. The van der Waals surface area contributed by atoms with Crippen molar-refractivity contribution in [1.82, 2.24) is 9.38 Å². The molecule has 0 fully saturated rings. The molecule has 0 radical (unpaired) electrons. The third-order valence-corrected chi connectivity index (χ3v) is 4.93. The molecule has 0 amide bonds. The summed E-state index contributed by atoms with van der Waals surface area (Å²) in [5, 5.41) is 0.637. The lowest BCUT2D eigenvalue weighted by Crippen LogP contribution is -1.99. The predicted octanol–water partition coefficient (Wildman–Crippen LogP) is 5.70. The highest BCUT2D eigenvalue weighted by Gasteiger charge is 2.16. The molecular weight excluding hydrogens is 363 g/mol. The summed E-state index contributed by atoms with van der Waals surface area (Å²) in [4.78, 5) is 4.77.